The van der Waals surface area contributed by atoms with E-state index < -0.39 is 58.2 Å². The Hall–Kier alpha value is -2.51. The molecule has 3 aromatic rings. The lowest BCUT2D eigenvalue weighted by Crippen LogP contribution is -2.37. The molecular formula is C23H15Cl3F6N2O3S. The molecule has 0 bridgehead atoms. The Morgan fingerprint density at radius 3 is 1.84 bits per heavy atom. The second-order valence-electron chi connectivity index (χ2n) is 7.82. The average molecular weight is 620 g/mol. The topological polar surface area (TPSA) is 66.5 Å². The first-order valence-corrected chi connectivity index (χ1v) is 12.8. The number of rotatable bonds is 7. The van der Waals surface area contributed by atoms with Crippen molar-refractivity contribution in [1.29, 1.82) is 0 Å². The predicted octanol–water partition coefficient (Wildman–Crippen LogP) is 7.51. The summed E-state index contributed by atoms with van der Waals surface area (Å²) in [6.45, 7) is -1.41. The van der Waals surface area contributed by atoms with Crippen LogP contribution in [0.2, 0.25) is 15.1 Å². The minimum absolute atomic E-state index is 0.0844. The highest BCUT2D eigenvalue weighted by Gasteiger charge is 2.37. The first-order valence-electron chi connectivity index (χ1n) is 10.3. The summed E-state index contributed by atoms with van der Waals surface area (Å²) in [6.07, 6.45) is -10.3. The lowest BCUT2D eigenvalue weighted by atomic mass is 10.1. The standard InChI is InChI=1S/C23H15Cl3F6N2O3S/c24-16-2-4-18(5-3-16)38(36,37)34(11-13-1-6-19(25)20(26)7-13)12-21(35)33-17-9-14(22(27,28)29)8-15(10-17)23(30,31)32/h1-10H,11-12H2,(H,33,35). The van der Waals surface area contributed by atoms with Gasteiger partial charge in [0.15, 0.2) is 0 Å². The van der Waals surface area contributed by atoms with Crippen LogP contribution in [0.1, 0.15) is 16.7 Å². The maximum atomic E-state index is 13.3. The number of nitrogens with one attached hydrogen (secondary N) is 1. The van der Waals surface area contributed by atoms with E-state index in [1.165, 1.54) is 42.5 Å². The summed E-state index contributed by atoms with van der Waals surface area (Å²) >= 11 is 17.7. The highest BCUT2D eigenvalue weighted by atomic mass is 35.5. The molecule has 0 heterocycles. The number of benzene rings is 3. The summed E-state index contributed by atoms with van der Waals surface area (Å²) in [6, 6.07) is 9.58. The fraction of sp³-hybridized carbons (Fsp3) is 0.174. The molecule has 0 aliphatic rings. The number of carbonyl (C=O) groups excluding carboxylic acids is 1. The van der Waals surface area contributed by atoms with Crippen LogP contribution in [0.5, 0.6) is 0 Å². The first-order chi connectivity index (χ1) is 17.5. The summed E-state index contributed by atoms with van der Waals surface area (Å²) in [5.41, 5.74) is -3.83. The third kappa shape index (κ3) is 7.54. The van der Waals surface area contributed by atoms with E-state index in [9.17, 15) is 39.6 Å². The summed E-state index contributed by atoms with van der Waals surface area (Å²) in [5, 5.41) is 2.40. The van der Waals surface area contributed by atoms with E-state index in [4.69, 9.17) is 34.8 Å². The van der Waals surface area contributed by atoms with E-state index in [-0.39, 0.29) is 26.0 Å². The summed E-state index contributed by atoms with van der Waals surface area (Å²) in [7, 11) is -4.41. The zero-order chi connectivity index (χ0) is 28.5. The zero-order valence-electron chi connectivity index (χ0n) is 18.7. The molecule has 1 amide bonds. The van der Waals surface area contributed by atoms with Gasteiger partial charge in [-0.15, -0.1) is 0 Å². The molecule has 15 heteroatoms. The summed E-state index contributed by atoms with van der Waals surface area (Å²) in [4.78, 5) is 12.5. The second-order valence-corrected chi connectivity index (χ2v) is 11.0. The number of halogens is 9. The van der Waals surface area contributed by atoms with Crippen LogP contribution in [0.4, 0.5) is 32.0 Å². The maximum absolute atomic E-state index is 13.3. The molecule has 0 saturated heterocycles. The van der Waals surface area contributed by atoms with Crippen LogP contribution in [0.3, 0.4) is 0 Å². The minimum Gasteiger partial charge on any atom is -0.325 e. The average Bonchev–Trinajstić information content (AvgIpc) is 2.80. The molecule has 0 aliphatic carbocycles. The maximum Gasteiger partial charge on any atom is 0.416 e. The molecule has 0 fully saturated rings. The Morgan fingerprint density at radius 1 is 0.789 bits per heavy atom. The van der Waals surface area contributed by atoms with Gasteiger partial charge in [-0.3, -0.25) is 4.79 Å². The number of sulfonamides is 1. The molecule has 0 spiro atoms. The van der Waals surface area contributed by atoms with Crippen molar-refractivity contribution in [1.82, 2.24) is 4.31 Å². The van der Waals surface area contributed by atoms with E-state index in [1.54, 1.807) is 0 Å². The number of hydrogen-bond acceptors (Lipinski definition) is 3. The zero-order valence-corrected chi connectivity index (χ0v) is 21.8. The lowest BCUT2D eigenvalue weighted by molar-refractivity contribution is -0.143. The van der Waals surface area contributed by atoms with Crippen molar-refractivity contribution >= 4 is 56.4 Å². The van der Waals surface area contributed by atoms with Gasteiger partial charge in [-0.25, -0.2) is 8.42 Å². The van der Waals surface area contributed by atoms with Crippen LogP contribution in [0, 0.1) is 0 Å². The Balaban J connectivity index is 1.96. The summed E-state index contributed by atoms with van der Waals surface area (Å²) in [5.74, 6) is -1.20. The number of amides is 1. The molecule has 1 N–H and O–H groups in total. The van der Waals surface area contributed by atoms with Crippen LogP contribution in [0.25, 0.3) is 0 Å². The normalized spacial score (nSPS) is 12.6. The van der Waals surface area contributed by atoms with Crippen molar-refractivity contribution in [2.24, 2.45) is 0 Å². The van der Waals surface area contributed by atoms with Gasteiger partial charge in [0, 0.05) is 17.3 Å². The lowest BCUT2D eigenvalue weighted by Gasteiger charge is -2.22. The van der Waals surface area contributed by atoms with Crippen LogP contribution in [0.15, 0.2) is 65.6 Å². The van der Waals surface area contributed by atoms with E-state index >= 15 is 0 Å². The van der Waals surface area contributed by atoms with Crippen LogP contribution in [-0.2, 0) is 33.7 Å². The third-order valence-electron chi connectivity index (χ3n) is 4.99. The van der Waals surface area contributed by atoms with Gasteiger partial charge in [-0.05, 0) is 60.2 Å². The number of carbonyl (C=O) groups is 1. The number of hydrogen-bond donors (Lipinski definition) is 1. The molecule has 0 aromatic heterocycles. The fourth-order valence-corrected chi connectivity index (χ4v) is 5.04. The number of anilines is 1. The molecule has 5 nitrogen and oxygen atoms in total. The van der Waals surface area contributed by atoms with Crippen LogP contribution >= 0.6 is 34.8 Å². The van der Waals surface area contributed by atoms with E-state index in [2.05, 4.69) is 0 Å². The molecule has 38 heavy (non-hydrogen) atoms. The minimum atomic E-state index is -5.14. The molecule has 0 radical (unpaired) electrons. The molecule has 3 aromatic carbocycles. The molecular weight excluding hydrogens is 605 g/mol. The van der Waals surface area contributed by atoms with Crippen molar-refractivity contribution in [3.63, 3.8) is 0 Å². The van der Waals surface area contributed by atoms with Crippen LogP contribution < -0.4 is 5.32 Å². The van der Waals surface area contributed by atoms with E-state index in [0.717, 1.165) is 0 Å². The third-order valence-corrected chi connectivity index (χ3v) is 7.78. The van der Waals surface area contributed by atoms with Crippen molar-refractivity contribution < 1.29 is 39.6 Å². The molecule has 0 aliphatic heterocycles. The highest BCUT2D eigenvalue weighted by Crippen LogP contribution is 2.37. The first kappa shape index (κ1) is 30.0. The number of alkyl halides is 6. The van der Waals surface area contributed by atoms with E-state index in [1.807, 2.05) is 5.32 Å². The van der Waals surface area contributed by atoms with Gasteiger partial charge >= 0.3 is 12.4 Å². The molecule has 0 saturated carbocycles. The van der Waals surface area contributed by atoms with Crippen molar-refractivity contribution in [2.75, 3.05) is 11.9 Å². The number of nitrogens with zero attached hydrogens (tertiary/aromatic N) is 1. The van der Waals surface area contributed by atoms with Gasteiger partial charge in [0.1, 0.15) is 0 Å². The highest BCUT2D eigenvalue weighted by molar-refractivity contribution is 7.89. The SMILES string of the molecule is O=C(CN(Cc1ccc(Cl)c(Cl)c1)S(=O)(=O)c1ccc(Cl)cc1)Nc1cc(C(F)(F)F)cc(C(F)(F)F)c1. The van der Waals surface area contributed by atoms with E-state index in [0.29, 0.717) is 22.0 Å². The smallest absolute Gasteiger partial charge is 0.325 e. The molecule has 3 rings (SSSR count). The van der Waals surface area contributed by atoms with Crippen LogP contribution in [-0.4, -0.2) is 25.2 Å². The predicted molar refractivity (Wildman–Crippen MR) is 131 cm³/mol. The van der Waals surface area contributed by atoms with Gasteiger partial charge < -0.3 is 5.32 Å². The van der Waals surface area contributed by atoms with Crippen molar-refractivity contribution in [3.05, 3.63) is 92.4 Å². The molecule has 204 valence electrons. The summed E-state index contributed by atoms with van der Waals surface area (Å²) < 4.78 is 106. The quantitative estimate of drug-likeness (QED) is 0.278. The monoisotopic (exact) mass is 618 g/mol. The largest absolute Gasteiger partial charge is 0.416 e. The Kier molecular flexibility index (Phi) is 8.94. The Morgan fingerprint density at radius 2 is 1.34 bits per heavy atom. The van der Waals surface area contributed by atoms with Crippen molar-refractivity contribution in [3.8, 4) is 0 Å². The molecule has 0 unspecified atom stereocenters. The second kappa shape index (κ2) is 11.3. The van der Waals surface area contributed by atoms with Gasteiger partial charge in [0.2, 0.25) is 15.9 Å². The van der Waals surface area contributed by atoms with Gasteiger partial charge in [0.25, 0.3) is 0 Å². The Labute approximate surface area is 228 Å². The van der Waals surface area contributed by atoms with Gasteiger partial charge in [-0.1, -0.05) is 40.9 Å². The van der Waals surface area contributed by atoms with Crippen molar-refractivity contribution in [2.45, 2.75) is 23.8 Å². The molecule has 0 atom stereocenters. The Bertz CT molecular complexity index is 1410. The van der Waals surface area contributed by atoms with Gasteiger partial charge in [0.05, 0.1) is 32.6 Å². The van der Waals surface area contributed by atoms with Gasteiger partial charge in [-0.2, -0.15) is 30.6 Å². The fourth-order valence-electron chi connectivity index (χ4n) is 3.21.